The average Bonchev–Trinajstić information content (AvgIpc) is 3.07. The topological polar surface area (TPSA) is 87.2 Å². The summed E-state index contributed by atoms with van der Waals surface area (Å²) in [6, 6.07) is -1.34. The number of likely N-dealkylation sites (tertiary alicyclic amines) is 1. The Bertz CT molecular complexity index is 896. The highest BCUT2D eigenvalue weighted by molar-refractivity contribution is 8.02. The number of cyclic esters (lactones) is 1. The Morgan fingerprint density at radius 1 is 1.15 bits per heavy atom. The zero-order valence-electron chi connectivity index (χ0n) is 20.2. The number of hydrogen-bond acceptors (Lipinski definition) is 6. The molecule has 1 unspecified atom stereocenters. The lowest BCUT2D eigenvalue weighted by Gasteiger charge is -2.42. The molecule has 2 fully saturated rings. The van der Waals surface area contributed by atoms with E-state index in [1.54, 1.807) is 28.5 Å². The number of rotatable bonds is 2. The summed E-state index contributed by atoms with van der Waals surface area (Å²) in [7, 11) is 0. The number of aliphatic hydroxyl groups excluding tert-OH is 1. The minimum Gasteiger partial charge on any atom is -0.465 e. The summed E-state index contributed by atoms with van der Waals surface area (Å²) in [5, 5.41) is 9.99. The van der Waals surface area contributed by atoms with Crippen LogP contribution in [0, 0.1) is 11.8 Å². The Morgan fingerprint density at radius 2 is 1.88 bits per heavy atom. The molecule has 0 radical (unpaired) electrons. The third-order valence-corrected chi connectivity index (χ3v) is 9.28. The van der Waals surface area contributed by atoms with Gasteiger partial charge in [-0.2, -0.15) is 0 Å². The molecular formula is C25H36N2O5S. The second kappa shape index (κ2) is 8.45. The van der Waals surface area contributed by atoms with Gasteiger partial charge in [0.15, 0.2) is 0 Å². The van der Waals surface area contributed by atoms with Gasteiger partial charge >= 0.3 is 5.97 Å². The summed E-state index contributed by atoms with van der Waals surface area (Å²) in [4.78, 5) is 44.9. The number of fused-ring (bicyclic) bond motifs is 2. The fourth-order valence-corrected chi connectivity index (χ4v) is 8.04. The Hall–Kier alpha value is -1.80. The third-order valence-electron chi connectivity index (χ3n) is 7.49. The number of hydrogen-bond donors (Lipinski definition) is 1. The fourth-order valence-electron chi connectivity index (χ4n) is 5.90. The first kappa shape index (κ1) is 24.3. The van der Waals surface area contributed by atoms with E-state index in [1.807, 2.05) is 39.8 Å². The van der Waals surface area contributed by atoms with Crippen molar-refractivity contribution in [3.8, 4) is 0 Å². The van der Waals surface area contributed by atoms with E-state index in [-0.39, 0.29) is 24.4 Å². The van der Waals surface area contributed by atoms with Crippen molar-refractivity contribution in [2.75, 3.05) is 19.8 Å². The zero-order chi connectivity index (χ0) is 24.2. The Labute approximate surface area is 200 Å². The molecular weight excluding hydrogens is 440 g/mol. The summed E-state index contributed by atoms with van der Waals surface area (Å²) in [5.41, 5.74) is -0.439. The van der Waals surface area contributed by atoms with Crippen LogP contribution in [0.4, 0.5) is 0 Å². The van der Waals surface area contributed by atoms with Gasteiger partial charge in [-0.25, -0.2) is 0 Å². The van der Waals surface area contributed by atoms with E-state index in [0.717, 1.165) is 19.3 Å². The molecule has 33 heavy (non-hydrogen) atoms. The van der Waals surface area contributed by atoms with Gasteiger partial charge in [0.05, 0.1) is 35.8 Å². The van der Waals surface area contributed by atoms with Crippen LogP contribution in [-0.2, 0) is 19.1 Å². The van der Waals surface area contributed by atoms with E-state index in [1.165, 1.54) is 0 Å². The molecule has 2 saturated heterocycles. The standard InChI is InChI=1S/C25H36N2O5S/c1-16(15-28)27-19-21(30)26(23(2,3)4)13-10-12-25(19)17(20(27)29)18-22(31)32-14-9-7-6-8-11-24(18,5)33-25/h8,10-12,16-19,28H,6-7,9,13-15H2,1-5H3/b11-8-/t16-,17+,18+,19?,24-,25+/m1/s1. The lowest BCUT2D eigenvalue weighted by molar-refractivity contribution is -0.154. The lowest BCUT2D eigenvalue weighted by Crippen LogP contribution is -2.59. The minimum atomic E-state index is -0.908. The van der Waals surface area contributed by atoms with E-state index in [4.69, 9.17) is 4.74 Å². The van der Waals surface area contributed by atoms with Crippen molar-refractivity contribution in [3.63, 3.8) is 0 Å². The van der Waals surface area contributed by atoms with Gasteiger partial charge in [0.2, 0.25) is 11.8 Å². The molecule has 2 amide bonds. The molecule has 7 nitrogen and oxygen atoms in total. The van der Waals surface area contributed by atoms with Crippen LogP contribution in [-0.4, -0.2) is 79.6 Å². The maximum Gasteiger partial charge on any atom is 0.311 e. The van der Waals surface area contributed by atoms with Crippen molar-refractivity contribution < 1.29 is 24.2 Å². The van der Waals surface area contributed by atoms with E-state index in [2.05, 4.69) is 12.2 Å². The first-order valence-electron chi connectivity index (χ1n) is 11.9. The monoisotopic (exact) mass is 476 g/mol. The number of carbonyl (C=O) groups is 3. The highest BCUT2D eigenvalue weighted by atomic mass is 32.2. The Balaban J connectivity index is 1.90. The number of thioether (sulfide) groups is 1. The molecule has 6 atom stereocenters. The van der Waals surface area contributed by atoms with Crippen LogP contribution in [0.15, 0.2) is 24.3 Å². The number of aliphatic hydroxyl groups is 1. The summed E-state index contributed by atoms with van der Waals surface area (Å²) < 4.78 is 4.07. The zero-order valence-corrected chi connectivity index (χ0v) is 21.1. The van der Waals surface area contributed by atoms with E-state index >= 15 is 0 Å². The lowest BCUT2D eigenvalue weighted by atomic mass is 9.74. The molecule has 0 aromatic heterocycles. The molecule has 1 N–H and O–H groups in total. The molecule has 4 heterocycles. The van der Waals surface area contributed by atoms with Gasteiger partial charge in [-0.1, -0.05) is 24.3 Å². The molecule has 4 aliphatic rings. The molecule has 0 bridgehead atoms. The van der Waals surface area contributed by atoms with Gasteiger partial charge in [0, 0.05) is 16.8 Å². The molecule has 1 spiro atoms. The molecule has 182 valence electrons. The molecule has 0 saturated carbocycles. The number of ether oxygens (including phenoxy) is 1. The molecule has 0 aliphatic carbocycles. The summed E-state index contributed by atoms with van der Waals surface area (Å²) >= 11 is 1.54. The second-order valence-corrected chi connectivity index (χ2v) is 12.7. The van der Waals surface area contributed by atoms with Crippen LogP contribution in [0.3, 0.4) is 0 Å². The smallest absolute Gasteiger partial charge is 0.311 e. The van der Waals surface area contributed by atoms with Crippen molar-refractivity contribution in [2.24, 2.45) is 11.8 Å². The third kappa shape index (κ3) is 3.73. The maximum atomic E-state index is 14.1. The molecule has 4 aliphatic heterocycles. The quantitative estimate of drug-likeness (QED) is 0.487. The normalized spacial score (nSPS) is 38.8. The SMILES string of the molecule is C[C@H](CO)N1C(=O)[C@@H]2[C@H]3C(=O)OCCCC/C=C\[C@@]3(C)S[C@@]23C=CCN(C(C)(C)C)C(=O)C13. The van der Waals surface area contributed by atoms with Crippen LogP contribution >= 0.6 is 11.8 Å². The van der Waals surface area contributed by atoms with Crippen LogP contribution in [0.1, 0.15) is 53.9 Å². The van der Waals surface area contributed by atoms with Gasteiger partial charge in [-0.3, -0.25) is 14.4 Å². The van der Waals surface area contributed by atoms with Crippen molar-refractivity contribution >= 4 is 29.5 Å². The van der Waals surface area contributed by atoms with E-state index in [9.17, 15) is 19.5 Å². The summed E-state index contributed by atoms with van der Waals surface area (Å²) in [6.45, 7) is 10.2. The summed E-state index contributed by atoms with van der Waals surface area (Å²) in [5.74, 6) is -2.20. The second-order valence-electron chi connectivity index (χ2n) is 10.9. The van der Waals surface area contributed by atoms with Crippen molar-refractivity contribution in [1.29, 1.82) is 0 Å². The van der Waals surface area contributed by atoms with Crippen LogP contribution < -0.4 is 0 Å². The number of amides is 2. The van der Waals surface area contributed by atoms with E-state index < -0.39 is 39.0 Å². The maximum absolute atomic E-state index is 14.1. The molecule has 0 aromatic rings. The van der Waals surface area contributed by atoms with Gasteiger partial charge in [0.25, 0.3) is 0 Å². The van der Waals surface area contributed by atoms with Crippen LogP contribution in [0.5, 0.6) is 0 Å². The molecule has 0 aromatic carbocycles. The van der Waals surface area contributed by atoms with E-state index in [0.29, 0.717) is 13.2 Å². The van der Waals surface area contributed by atoms with Crippen LogP contribution in [0.2, 0.25) is 0 Å². The van der Waals surface area contributed by atoms with Gasteiger partial charge < -0.3 is 19.6 Å². The van der Waals surface area contributed by atoms with Gasteiger partial charge in [-0.05, 0) is 53.9 Å². The molecule has 4 rings (SSSR count). The highest BCUT2D eigenvalue weighted by Crippen LogP contribution is 2.65. The van der Waals surface area contributed by atoms with Crippen molar-refractivity contribution in [1.82, 2.24) is 9.80 Å². The first-order chi connectivity index (χ1) is 15.5. The predicted molar refractivity (Wildman–Crippen MR) is 127 cm³/mol. The number of nitrogens with zero attached hydrogens (tertiary/aromatic N) is 2. The predicted octanol–water partition coefficient (Wildman–Crippen LogP) is 2.53. The van der Waals surface area contributed by atoms with Crippen molar-refractivity contribution in [3.05, 3.63) is 24.3 Å². The first-order valence-corrected chi connectivity index (χ1v) is 12.8. The Kier molecular flexibility index (Phi) is 6.23. The highest BCUT2D eigenvalue weighted by Gasteiger charge is 2.74. The largest absolute Gasteiger partial charge is 0.465 e. The number of allylic oxidation sites excluding steroid dienone is 1. The number of esters is 1. The molecule has 8 heteroatoms. The Morgan fingerprint density at radius 3 is 2.55 bits per heavy atom. The average molecular weight is 477 g/mol. The summed E-state index contributed by atoms with van der Waals surface area (Å²) in [6.07, 6.45) is 10.7. The number of carbonyl (C=O) groups excluding carboxylic acids is 3. The van der Waals surface area contributed by atoms with Crippen LogP contribution in [0.25, 0.3) is 0 Å². The van der Waals surface area contributed by atoms with Gasteiger partial charge in [-0.15, -0.1) is 11.8 Å². The minimum absolute atomic E-state index is 0.138. The van der Waals surface area contributed by atoms with Crippen molar-refractivity contribution in [2.45, 2.75) is 81.0 Å². The fraction of sp³-hybridized carbons (Fsp3) is 0.720. The van der Waals surface area contributed by atoms with Gasteiger partial charge in [0.1, 0.15) is 6.04 Å².